The molecular formula is C16H6F12O5S. The Bertz CT molecular complexity index is 852. The Morgan fingerprint density at radius 1 is 0.441 bits per heavy atom. The molecule has 0 radical (unpaired) electrons. The van der Waals surface area contributed by atoms with Crippen LogP contribution >= 0.6 is 0 Å². The SMILES string of the molecule is [O-][S+](c1cc(OC(F)(F)F)cc(OC(F)(F)F)c1)c1cc(OC(F)(F)F)cc(OC(F)(F)F)c1. The second kappa shape index (κ2) is 9.40. The van der Waals surface area contributed by atoms with Gasteiger partial charge in [0.15, 0.2) is 9.79 Å². The summed E-state index contributed by atoms with van der Waals surface area (Å²) in [7, 11) is 0. The molecule has 0 bridgehead atoms. The molecule has 0 aliphatic rings. The molecule has 0 aromatic heterocycles. The normalized spacial score (nSPS) is 13.1. The highest BCUT2D eigenvalue weighted by Crippen LogP contribution is 2.38. The van der Waals surface area contributed by atoms with Gasteiger partial charge in [0.25, 0.3) is 0 Å². The van der Waals surface area contributed by atoms with Gasteiger partial charge in [0.05, 0.1) is 0 Å². The molecule has 0 atom stereocenters. The van der Waals surface area contributed by atoms with E-state index < -0.39 is 69.4 Å². The summed E-state index contributed by atoms with van der Waals surface area (Å²) in [6, 6.07) is 1.29. The number of ether oxygens (including phenoxy) is 4. The van der Waals surface area contributed by atoms with E-state index >= 15 is 0 Å². The van der Waals surface area contributed by atoms with E-state index in [1.165, 1.54) is 0 Å². The summed E-state index contributed by atoms with van der Waals surface area (Å²) >= 11 is -2.99. The van der Waals surface area contributed by atoms with Crippen molar-refractivity contribution >= 4 is 11.2 Å². The van der Waals surface area contributed by atoms with E-state index in [9.17, 15) is 57.2 Å². The Hall–Kier alpha value is -2.89. The Kier molecular flexibility index (Phi) is 7.56. The Labute approximate surface area is 182 Å². The zero-order valence-electron chi connectivity index (χ0n) is 15.4. The summed E-state index contributed by atoms with van der Waals surface area (Å²) < 4.78 is 176. The maximum absolute atomic E-state index is 12.7. The van der Waals surface area contributed by atoms with Crippen molar-refractivity contribution in [2.24, 2.45) is 0 Å². The van der Waals surface area contributed by atoms with Gasteiger partial charge in [-0.2, -0.15) is 0 Å². The molecular weight excluding hydrogens is 532 g/mol. The van der Waals surface area contributed by atoms with E-state index in [4.69, 9.17) is 0 Å². The summed E-state index contributed by atoms with van der Waals surface area (Å²) in [6.45, 7) is 0. The fraction of sp³-hybridized carbons (Fsp3) is 0.250. The maximum Gasteiger partial charge on any atom is 0.573 e. The first-order valence-corrected chi connectivity index (χ1v) is 9.09. The number of hydrogen-bond acceptors (Lipinski definition) is 5. The largest absolute Gasteiger partial charge is 0.606 e. The Morgan fingerprint density at radius 3 is 0.824 bits per heavy atom. The van der Waals surface area contributed by atoms with Crippen LogP contribution in [0.2, 0.25) is 0 Å². The third kappa shape index (κ3) is 9.54. The van der Waals surface area contributed by atoms with Crippen molar-refractivity contribution in [1.82, 2.24) is 0 Å². The molecule has 0 saturated heterocycles. The number of benzene rings is 2. The zero-order valence-corrected chi connectivity index (χ0v) is 16.3. The summed E-state index contributed by atoms with van der Waals surface area (Å²) in [4.78, 5) is -1.97. The molecule has 34 heavy (non-hydrogen) atoms. The molecule has 190 valence electrons. The first-order valence-electron chi connectivity index (χ1n) is 7.94. The minimum atomic E-state index is -5.44. The highest BCUT2D eigenvalue weighted by atomic mass is 32.2. The standard InChI is InChI=1S/C16H6F12O5S/c17-13(18,19)30-7-1-8(31-14(20,21)22)4-11(3-7)34(29)12-5-9(32-15(23,24)25)2-10(6-12)33-16(26,27)28/h1-6H. The van der Waals surface area contributed by atoms with Gasteiger partial charge in [-0.05, 0) is 0 Å². The molecule has 0 unspecified atom stereocenters. The maximum atomic E-state index is 12.7. The van der Waals surface area contributed by atoms with Crippen molar-refractivity contribution < 1.29 is 76.2 Å². The van der Waals surface area contributed by atoms with E-state index in [-0.39, 0.29) is 36.4 Å². The lowest BCUT2D eigenvalue weighted by Crippen LogP contribution is -2.20. The molecule has 2 aromatic rings. The molecule has 0 N–H and O–H groups in total. The minimum absolute atomic E-state index is 0.100. The summed E-state index contributed by atoms with van der Waals surface area (Å²) in [5.41, 5.74) is 0. The Morgan fingerprint density at radius 2 is 0.647 bits per heavy atom. The minimum Gasteiger partial charge on any atom is -0.606 e. The van der Waals surface area contributed by atoms with Gasteiger partial charge in [0.1, 0.15) is 23.0 Å². The number of rotatable bonds is 6. The predicted octanol–water partition coefficient (Wildman–Crippen LogP) is 6.45. The lowest BCUT2D eigenvalue weighted by Gasteiger charge is -2.17. The molecule has 2 rings (SSSR count). The van der Waals surface area contributed by atoms with Gasteiger partial charge in [-0.3, -0.25) is 0 Å². The molecule has 2 aromatic carbocycles. The predicted molar refractivity (Wildman–Crippen MR) is 84.3 cm³/mol. The van der Waals surface area contributed by atoms with Crippen LogP contribution in [0.5, 0.6) is 23.0 Å². The number of halogens is 12. The van der Waals surface area contributed by atoms with E-state index in [1.54, 1.807) is 0 Å². The lowest BCUT2D eigenvalue weighted by molar-refractivity contribution is -0.278. The van der Waals surface area contributed by atoms with Gasteiger partial charge >= 0.3 is 25.4 Å². The van der Waals surface area contributed by atoms with Crippen LogP contribution in [0.4, 0.5) is 52.7 Å². The molecule has 0 fully saturated rings. The topological polar surface area (TPSA) is 60.0 Å². The lowest BCUT2D eigenvalue weighted by atomic mass is 10.3. The monoisotopic (exact) mass is 538 g/mol. The van der Waals surface area contributed by atoms with E-state index in [1.807, 2.05) is 0 Å². The average molecular weight is 538 g/mol. The number of hydrogen-bond donors (Lipinski definition) is 0. The molecule has 0 saturated carbocycles. The van der Waals surface area contributed by atoms with E-state index in [0.29, 0.717) is 0 Å². The van der Waals surface area contributed by atoms with Crippen LogP contribution in [0.25, 0.3) is 0 Å². The Balaban J connectivity index is 2.57. The third-order valence-electron chi connectivity index (χ3n) is 3.07. The zero-order chi connectivity index (χ0) is 26.1. The van der Waals surface area contributed by atoms with Crippen molar-refractivity contribution in [3.05, 3.63) is 36.4 Å². The second-order valence-corrected chi connectivity index (χ2v) is 7.22. The highest BCUT2D eigenvalue weighted by molar-refractivity contribution is 7.91. The van der Waals surface area contributed by atoms with Crippen LogP contribution in [-0.4, -0.2) is 30.0 Å². The van der Waals surface area contributed by atoms with Gasteiger partial charge in [0, 0.05) is 47.6 Å². The van der Waals surface area contributed by atoms with Crippen molar-refractivity contribution in [3.63, 3.8) is 0 Å². The third-order valence-corrected chi connectivity index (χ3v) is 4.40. The van der Waals surface area contributed by atoms with Gasteiger partial charge in [-0.1, -0.05) is 0 Å². The van der Waals surface area contributed by atoms with Gasteiger partial charge in [0.2, 0.25) is 0 Å². The first kappa shape index (κ1) is 27.4. The fourth-order valence-electron chi connectivity index (χ4n) is 2.21. The van der Waals surface area contributed by atoms with Crippen molar-refractivity contribution in [3.8, 4) is 23.0 Å². The molecule has 18 heteroatoms. The van der Waals surface area contributed by atoms with Gasteiger partial charge in [-0.15, -0.1) is 52.7 Å². The average Bonchev–Trinajstić information content (AvgIpc) is 2.54. The number of alkyl halides is 12. The molecule has 0 aliphatic carbocycles. The van der Waals surface area contributed by atoms with Gasteiger partial charge in [-0.25, -0.2) is 0 Å². The highest BCUT2D eigenvalue weighted by Gasteiger charge is 2.37. The van der Waals surface area contributed by atoms with Crippen LogP contribution < -0.4 is 18.9 Å². The fourth-order valence-corrected chi connectivity index (χ4v) is 3.38. The first-order chi connectivity index (χ1) is 15.2. The van der Waals surface area contributed by atoms with Crippen molar-refractivity contribution in [2.75, 3.05) is 0 Å². The molecule has 0 aliphatic heterocycles. The summed E-state index contributed by atoms with van der Waals surface area (Å²) in [5.74, 6) is -5.53. The molecule has 0 amide bonds. The molecule has 0 spiro atoms. The van der Waals surface area contributed by atoms with Gasteiger partial charge < -0.3 is 23.5 Å². The van der Waals surface area contributed by atoms with Crippen LogP contribution in [0.15, 0.2) is 46.2 Å². The van der Waals surface area contributed by atoms with Crippen molar-refractivity contribution in [1.29, 1.82) is 0 Å². The van der Waals surface area contributed by atoms with Crippen LogP contribution in [0, 0.1) is 0 Å². The van der Waals surface area contributed by atoms with E-state index in [2.05, 4.69) is 18.9 Å². The smallest absolute Gasteiger partial charge is 0.573 e. The summed E-state index contributed by atoms with van der Waals surface area (Å²) in [6.07, 6.45) is -21.8. The van der Waals surface area contributed by atoms with Crippen molar-refractivity contribution in [2.45, 2.75) is 35.2 Å². The van der Waals surface area contributed by atoms with Crippen LogP contribution in [0.1, 0.15) is 0 Å². The second-order valence-electron chi connectivity index (χ2n) is 5.74. The van der Waals surface area contributed by atoms with Crippen LogP contribution in [-0.2, 0) is 11.2 Å². The summed E-state index contributed by atoms with van der Waals surface area (Å²) in [5, 5.41) is 0. The van der Waals surface area contributed by atoms with Crippen LogP contribution in [0.3, 0.4) is 0 Å². The quantitative estimate of drug-likeness (QED) is 0.313. The molecule has 5 nitrogen and oxygen atoms in total. The van der Waals surface area contributed by atoms with E-state index in [0.717, 1.165) is 0 Å². The molecule has 0 heterocycles.